The van der Waals surface area contributed by atoms with Crippen LogP contribution in [0.25, 0.3) is 0 Å². The van der Waals surface area contributed by atoms with E-state index in [1.807, 2.05) is 0 Å². The SMILES string of the molecule is C=C(CNC(C)CCC)C(=O)OCC. The maximum Gasteiger partial charge on any atom is 0.334 e. The van der Waals surface area contributed by atoms with Crippen molar-refractivity contribution in [3.05, 3.63) is 12.2 Å². The maximum absolute atomic E-state index is 11.2. The number of esters is 1. The molecule has 3 nitrogen and oxygen atoms in total. The van der Waals surface area contributed by atoms with Gasteiger partial charge < -0.3 is 10.1 Å². The summed E-state index contributed by atoms with van der Waals surface area (Å²) in [4.78, 5) is 11.2. The fraction of sp³-hybridized carbons (Fsp3) is 0.727. The molecule has 0 saturated carbocycles. The molecule has 3 heteroatoms. The molecule has 14 heavy (non-hydrogen) atoms. The number of hydrogen-bond donors (Lipinski definition) is 1. The van der Waals surface area contributed by atoms with Crippen LogP contribution in [-0.4, -0.2) is 25.2 Å². The molecule has 0 radical (unpaired) electrons. The van der Waals surface area contributed by atoms with Gasteiger partial charge in [0.15, 0.2) is 0 Å². The van der Waals surface area contributed by atoms with Gasteiger partial charge in [0.2, 0.25) is 0 Å². The summed E-state index contributed by atoms with van der Waals surface area (Å²) in [7, 11) is 0. The first kappa shape index (κ1) is 13.2. The summed E-state index contributed by atoms with van der Waals surface area (Å²) in [5.74, 6) is -0.302. The predicted octanol–water partition coefficient (Wildman–Crippen LogP) is 1.88. The van der Waals surface area contributed by atoms with Crippen LogP contribution in [0.5, 0.6) is 0 Å². The predicted molar refractivity (Wildman–Crippen MR) is 58.1 cm³/mol. The average molecular weight is 199 g/mol. The van der Waals surface area contributed by atoms with E-state index in [4.69, 9.17) is 4.74 Å². The van der Waals surface area contributed by atoms with Crippen molar-refractivity contribution in [1.29, 1.82) is 0 Å². The topological polar surface area (TPSA) is 38.3 Å². The lowest BCUT2D eigenvalue weighted by atomic mass is 10.2. The third-order valence-corrected chi connectivity index (χ3v) is 1.95. The van der Waals surface area contributed by atoms with Gasteiger partial charge >= 0.3 is 5.97 Å². The van der Waals surface area contributed by atoms with E-state index in [1.165, 1.54) is 0 Å². The van der Waals surface area contributed by atoms with Crippen LogP contribution in [0, 0.1) is 0 Å². The summed E-state index contributed by atoms with van der Waals surface area (Å²) in [5.41, 5.74) is 0.495. The van der Waals surface area contributed by atoms with Gasteiger partial charge in [-0.1, -0.05) is 19.9 Å². The Labute approximate surface area is 86.5 Å². The second kappa shape index (κ2) is 7.56. The van der Waals surface area contributed by atoms with Crippen LogP contribution >= 0.6 is 0 Å². The first-order valence-electron chi connectivity index (χ1n) is 5.20. The van der Waals surface area contributed by atoms with Crippen molar-refractivity contribution in [2.24, 2.45) is 0 Å². The Kier molecular flexibility index (Phi) is 7.11. The van der Waals surface area contributed by atoms with Crippen LogP contribution < -0.4 is 5.32 Å². The zero-order valence-corrected chi connectivity index (χ0v) is 9.43. The van der Waals surface area contributed by atoms with Crippen molar-refractivity contribution < 1.29 is 9.53 Å². The maximum atomic E-state index is 11.2. The molecule has 0 heterocycles. The molecule has 0 aliphatic rings. The van der Waals surface area contributed by atoms with Gasteiger partial charge in [-0.2, -0.15) is 0 Å². The summed E-state index contributed by atoms with van der Waals surface area (Å²) in [6.07, 6.45) is 2.25. The molecule has 0 amide bonds. The quantitative estimate of drug-likeness (QED) is 0.502. The first-order chi connectivity index (χ1) is 6.61. The highest BCUT2D eigenvalue weighted by Crippen LogP contribution is 1.97. The van der Waals surface area contributed by atoms with Crippen molar-refractivity contribution in [3.63, 3.8) is 0 Å². The molecule has 0 spiro atoms. The molecule has 0 aliphatic heterocycles. The monoisotopic (exact) mass is 199 g/mol. The first-order valence-corrected chi connectivity index (χ1v) is 5.20. The highest BCUT2D eigenvalue weighted by molar-refractivity contribution is 5.88. The largest absolute Gasteiger partial charge is 0.463 e. The number of rotatable bonds is 7. The van der Waals surface area contributed by atoms with Gasteiger partial charge in [-0.05, 0) is 20.3 Å². The molecule has 0 aliphatic carbocycles. The average Bonchev–Trinajstić information content (AvgIpc) is 2.15. The molecule has 0 aromatic rings. The molecule has 1 atom stereocenters. The fourth-order valence-corrected chi connectivity index (χ4v) is 1.14. The molecule has 82 valence electrons. The van der Waals surface area contributed by atoms with Gasteiger partial charge in [-0.25, -0.2) is 4.79 Å². The van der Waals surface area contributed by atoms with Gasteiger partial charge in [0.25, 0.3) is 0 Å². The summed E-state index contributed by atoms with van der Waals surface area (Å²) in [6, 6.07) is 0.422. The zero-order valence-electron chi connectivity index (χ0n) is 9.43. The standard InChI is InChI=1S/C11H21NO2/c1-5-7-10(4)12-8-9(3)11(13)14-6-2/h10,12H,3,5-8H2,1-2,4H3. The van der Waals surface area contributed by atoms with E-state index < -0.39 is 0 Å². The Balaban J connectivity index is 3.67. The summed E-state index contributed by atoms with van der Waals surface area (Å²) >= 11 is 0. The van der Waals surface area contributed by atoms with E-state index in [2.05, 4.69) is 25.7 Å². The lowest BCUT2D eigenvalue weighted by Crippen LogP contribution is -2.29. The van der Waals surface area contributed by atoms with Gasteiger partial charge in [0.1, 0.15) is 0 Å². The van der Waals surface area contributed by atoms with E-state index in [9.17, 15) is 4.79 Å². The Morgan fingerprint density at radius 2 is 2.14 bits per heavy atom. The van der Waals surface area contributed by atoms with Crippen molar-refractivity contribution >= 4 is 5.97 Å². The normalized spacial score (nSPS) is 12.2. The molecule has 1 unspecified atom stereocenters. The second-order valence-electron chi connectivity index (χ2n) is 3.39. The summed E-state index contributed by atoms with van der Waals surface area (Å²) in [6.45, 7) is 10.6. The van der Waals surface area contributed by atoms with Gasteiger partial charge in [-0.3, -0.25) is 0 Å². The molecule has 1 N–H and O–H groups in total. The highest BCUT2D eigenvalue weighted by Gasteiger charge is 2.08. The fourth-order valence-electron chi connectivity index (χ4n) is 1.14. The third-order valence-electron chi connectivity index (χ3n) is 1.95. The molecule has 0 rings (SSSR count). The van der Waals surface area contributed by atoms with Crippen LogP contribution in [0.2, 0.25) is 0 Å². The molecule has 0 aromatic carbocycles. The second-order valence-corrected chi connectivity index (χ2v) is 3.39. The Morgan fingerprint density at radius 3 is 2.64 bits per heavy atom. The zero-order chi connectivity index (χ0) is 11.0. The molecular weight excluding hydrogens is 178 g/mol. The number of hydrogen-bond acceptors (Lipinski definition) is 3. The van der Waals surface area contributed by atoms with E-state index in [1.54, 1.807) is 6.92 Å². The number of carbonyl (C=O) groups excluding carboxylic acids is 1. The van der Waals surface area contributed by atoms with Gasteiger partial charge in [0, 0.05) is 18.2 Å². The van der Waals surface area contributed by atoms with Crippen molar-refractivity contribution in [3.8, 4) is 0 Å². The molecule has 0 fully saturated rings. The minimum atomic E-state index is -0.302. The van der Waals surface area contributed by atoms with Crippen LogP contribution in [0.4, 0.5) is 0 Å². The van der Waals surface area contributed by atoms with Crippen LogP contribution in [0.1, 0.15) is 33.6 Å². The molecule has 0 aromatic heterocycles. The van der Waals surface area contributed by atoms with E-state index in [0.717, 1.165) is 12.8 Å². The number of ether oxygens (including phenoxy) is 1. The smallest absolute Gasteiger partial charge is 0.334 e. The molecule has 0 bridgehead atoms. The van der Waals surface area contributed by atoms with Crippen LogP contribution in [-0.2, 0) is 9.53 Å². The lowest BCUT2D eigenvalue weighted by Gasteiger charge is -2.13. The molecule has 0 saturated heterocycles. The van der Waals surface area contributed by atoms with E-state index in [0.29, 0.717) is 24.8 Å². The van der Waals surface area contributed by atoms with E-state index >= 15 is 0 Å². The number of carbonyl (C=O) groups is 1. The van der Waals surface area contributed by atoms with E-state index in [-0.39, 0.29) is 5.97 Å². The van der Waals surface area contributed by atoms with Crippen molar-refractivity contribution in [1.82, 2.24) is 5.32 Å². The van der Waals surface area contributed by atoms with Crippen molar-refractivity contribution in [2.75, 3.05) is 13.2 Å². The summed E-state index contributed by atoms with van der Waals surface area (Å²) < 4.78 is 4.82. The third kappa shape index (κ3) is 5.75. The van der Waals surface area contributed by atoms with Gasteiger partial charge in [-0.15, -0.1) is 0 Å². The van der Waals surface area contributed by atoms with Gasteiger partial charge in [0.05, 0.1) is 6.61 Å². The lowest BCUT2D eigenvalue weighted by molar-refractivity contribution is -0.138. The summed E-state index contributed by atoms with van der Waals surface area (Å²) in [5, 5.41) is 3.22. The Hall–Kier alpha value is -0.830. The Morgan fingerprint density at radius 1 is 1.50 bits per heavy atom. The van der Waals surface area contributed by atoms with Crippen molar-refractivity contribution in [2.45, 2.75) is 39.7 Å². The van der Waals surface area contributed by atoms with Crippen LogP contribution in [0.15, 0.2) is 12.2 Å². The Bertz CT molecular complexity index is 190. The minimum absolute atomic E-state index is 0.302. The van der Waals surface area contributed by atoms with Crippen LogP contribution in [0.3, 0.4) is 0 Å². The minimum Gasteiger partial charge on any atom is -0.463 e. The number of nitrogens with one attached hydrogen (secondary N) is 1. The molecular formula is C11H21NO2. The highest BCUT2D eigenvalue weighted by atomic mass is 16.5.